The van der Waals surface area contributed by atoms with E-state index >= 15 is 0 Å². The van der Waals surface area contributed by atoms with E-state index in [-0.39, 0.29) is 30.2 Å². The summed E-state index contributed by atoms with van der Waals surface area (Å²) in [4.78, 5) is 38.9. The van der Waals surface area contributed by atoms with Gasteiger partial charge in [-0.3, -0.25) is 19.3 Å². The monoisotopic (exact) mass is 416 g/mol. The van der Waals surface area contributed by atoms with Crippen LogP contribution in [0.15, 0.2) is 24.3 Å². The molecule has 1 aromatic rings. The first kappa shape index (κ1) is 23.9. The zero-order valence-electron chi connectivity index (χ0n) is 18.3. The van der Waals surface area contributed by atoms with Crippen molar-refractivity contribution in [1.29, 1.82) is 0 Å². The zero-order chi connectivity index (χ0) is 21.8. The maximum Gasteiger partial charge on any atom is 0.251 e. The van der Waals surface area contributed by atoms with Crippen LogP contribution in [0, 0.1) is 5.92 Å². The summed E-state index contributed by atoms with van der Waals surface area (Å²) < 4.78 is 0. The van der Waals surface area contributed by atoms with Gasteiger partial charge in [-0.2, -0.15) is 0 Å². The van der Waals surface area contributed by atoms with Crippen molar-refractivity contribution >= 4 is 23.4 Å². The summed E-state index contributed by atoms with van der Waals surface area (Å²) in [7, 11) is 0. The molecule has 3 amide bonds. The largest absolute Gasteiger partial charge is 0.356 e. The average Bonchev–Trinajstić information content (AvgIpc) is 2.74. The van der Waals surface area contributed by atoms with Gasteiger partial charge in [-0.15, -0.1) is 0 Å². The molecule has 1 aliphatic rings. The normalized spacial score (nSPS) is 16.7. The Kier molecular flexibility index (Phi) is 10.3. The smallest absolute Gasteiger partial charge is 0.251 e. The van der Waals surface area contributed by atoms with Crippen LogP contribution in [0.1, 0.15) is 62.7 Å². The van der Waals surface area contributed by atoms with Crippen molar-refractivity contribution < 1.29 is 14.4 Å². The van der Waals surface area contributed by atoms with E-state index in [4.69, 9.17) is 0 Å². The number of likely N-dealkylation sites (tertiary alicyclic amines) is 1. The van der Waals surface area contributed by atoms with Crippen molar-refractivity contribution in [2.24, 2.45) is 5.92 Å². The number of carbonyl (C=O) groups is 3. The average molecular weight is 417 g/mol. The number of amides is 3. The molecule has 0 radical (unpaired) electrons. The second-order valence-electron chi connectivity index (χ2n) is 7.91. The van der Waals surface area contributed by atoms with E-state index in [0.29, 0.717) is 24.3 Å². The summed E-state index contributed by atoms with van der Waals surface area (Å²) in [6.07, 6.45) is 6.34. The van der Waals surface area contributed by atoms with E-state index in [1.54, 1.807) is 24.3 Å². The molecular weight excluding hydrogens is 380 g/mol. The van der Waals surface area contributed by atoms with E-state index in [2.05, 4.69) is 22.9 Å². The molecule has 1 unspecified atom stereocenters. The fraction of sp³-hybridized carbons (Fsp3) is 0.609. The van der Waals surface area contributed by atoms with Crippen LogP contribution in [0.5, 0.6) is 0 Å². The maximum absolute atomic E-state index is 12.5. The molecule has 0 aliphatic carbocycles. The Hall–Kier alpha value is -2.41. The maximum atomic E-state index is 12.5. The molecule has 1 aromatic carbocycles. The third kappa shape index (κ3) is 8.14. The minimum absolute atomic E-state index is 0.0567. The van der Waals surface area contributed by atoms with Crippen molar-refractivity contribution in [2.75, 3.05) is 38.0 Å². The summed E-state index contributed by atoms with van der Waals surface area (Å²) in [5, 5.41) is 8.66. The van der Waals surface area contributed by atoms with Crippen molar-refractivity contribution in [3.63, 3.8) is 0 Å². The first-order valence-electron chi connectivity index (χ1n) is 11.2. The number of anilines is 1. The van der Waals surface area contributed by atoms with Gasteiger partial charge in [-0.05, 0) is 50.9 Å². The number of unbranched alkanes of at least 4 members (excludes halogenated alkanes) is 3. The van der Waals surface area contributed by atoms with Crippen LogP contribution in [-0.2, 0) is 9.59 Å². The standard InChI is InChI=1S/C23H36N4O3/c1-3-5-6-7-13-25-23(30)19-11-9-14-27(16-19)17-21(28)26-20-12-8-10-18(15-20)22(29)24-4-2/h8,10,12,15,19H,3-7,9,11,13-14,16-17H2,1-2H3,(H,24,29)(H,25,30)(H,26,28). The molecule has 7 nitrogen and oxygen atoms in total. The van der Waals surface area contributed by atoms with Crippen LogP contribution in [0.3, 0.4) is 0 Å². The molecule has 1 saturated heterocycles. The molecule has 1 atom stereocenters. The highest BCUT2D eigenvalue weighted by molar-refractivity contribution is 5.97. The molecule has 1 fully saturated rings. The number of piperidine rings is 1. The van der Waals surface area contributed by atoms with Gasteiger partial charge in [0.1, 0.15) is 0 Å². The Morgan fingerprint density at radius 1 is 1.10 bits per heavy atom. The highest BCUT2D eigenvalue weighted by Crippen LogP contribution is 2.17. The summed E-state index contributed by atoms with van der Waals surface area (Å²) in [6.45, 7) is 6.98. The Balaban J connectivity index is 1.79. The van der Waals surface area contributed by atoms with Crippen molar-refractivity contribution in [2.45, 2.75) is 52.4 Å². The highest BCUT2D eigenvalue weighted by atomic mass is 16.2. The van der Waals surface area contributed by atoms with E-state index in [0.717, 1.165) is 38.8 Å². The van der Waals surface area contributed by atoms with Crippen LogP contribution in [0.4, 0.5) is 5.69 Å². The number of hydrogen-bond donors (Lipinski definition) is 3. The number of hydrogen-bond acceptors (Lipinski definition) is 4. The molecule has 3 N–H and O–H groups in total. The fourth-order valence-corrected chi connectivity index (χ4v) is 3.73. The number of carbonyl (C=O) groups excluding carboxylic acids is 3. The van der Waals surface area contributed by atoms with Gasteiger partial charge in [0, 0.05) is 30.9 Å². The molecule has 0 aromatic heterocycles. The van der Waals surface area contributed by atoms with Crippen LogP contribution < -0.4 is 16.0 Å². The van der Waals surface area contributed by atoms with Crippen LogP contribution in [0.25, 0.3) is 0 Å². The van der Waals surface area contributed by atoms with Gasteiger partial charge in [-0.25, -0.2) is 0 Å². The van der Waals surface area contributed by atoms with Gasteiger partial charge in [-0.1, -0.05) is 32.3 Å². The third-order valence-corrected chi connectivity index (χ3v) is 5.32. The van der Waals surface area contributed by atoms with E-state index in [1.807, 2.05) is 11.8 Å². The number of benzene rings is 1. The van der Waals surface area contributed by atoms with Crippen LogP contribution in [-0.4, -0.2) is 55.3 Å². The molecular formula is C23H36N4O3. The quantitative estimate of drug-likeness (QED) is 0.484. The Morgan fingerprint density at radius 3 is 2.70 bits per heavy atom. The van der Waals surface area contributed by atoms with E-state index < -0.39 is 0 Å². The molecule has 1 heterocycles. The van der Waals surface area contributed by atoms with Crippen LogP contribution >= 0.6 is 0 Å². The van der Waals surface area contributed by atoms with Crippen LogP contribution in [0.2, 0.25) is 0 Å². The number of nitrogens with zero attached hydrogens (tertiary/aromatic N) is 1. The van der Waals surface area contributed by atoms with Crippen molar-refractivity contribution in [1.82, 2.24) is 15.5 Å². The van der Waals surface area contributed by atoms with Gasteiger partial charge in [0.05, 0.1) is 12.5 Å². The molecule has 0 bridgehead atoms. The van der Waals surface area contributed by atoms with Crippen molar-refractivity contribution in [3.05, 3.63) is 29.8 Å². The predicted octanol–water partition coefficient (Wildman–Crippen LogP) is 2.78. The lowest BCUT2D eigenvalue weighted by Crippen LogP contribution is -2.45. The summed E-state index contributed by atoms with van der Waals surface area (Å²) >= 11 is 0. The molecule has 1 aliphatic heterocycles. The topological polar surface area (TPSA) is 90.5 Å². The summed E-state index contributed by atoms with van der Waals surface area (Å²) in [6, 6.07) is 6.91. The lowest BCUT2D eigenvalue weighted by Gasteiger charge is -2.31. The van der Waals surface area contributed by atoms with Crippen molar-refractivity contribution in [3.8, 4) is 0 Å². The lowest BCUT2D eigenvalue weighted by molar-refractivity contribution is -0.128. The van der Waals surface area contributed by atoms with Gasteiger partial charge >= 0.3 is 0 Å². The molecule has 2 rings (SSSR count). The molecule has 30 heavy (non-hydrogen) atoms. The zero-order valence-corrected chi connectivity index (χ0v) is 18.3. The summed E-state index contributed by atoms with van der Waals surface area (Å²) in [5.41, 5.74) is 1.12. The first-order valence-corrected chi connectivity index (χ1v) is 11.2. The van der Waals surface area contributed by atoms with Gasteiger partial charge in [0.25, 0.3) is 5.91 Å². The fourth-order valence-electron chi connectivity index (χ4n) is 3.73. The lowest BCUT2D eigenvalue weighted by atomic mass is 9.97. The molecule has 0 saturated carbocycles. The Bertz CT molecular complexity index is 707. The molecule has 7 heteroatoms. The van der Waals surface area contributed by atoms with Gasteiger partial charge in [0.15, 0.2) is 0 Å². The third-order valence-electron chi connectivity index (χ3n) is 5.32. The Morgan fingerprint density at radius 2 is 1.93 bits per heavy atom. The Labute approximate surface area is 180 Å². The number of nitrogens with one attached hydrogen (secondary N) is 3. The summed E-state index contributed by atoms with van der Waals surface area (Å²) in [5.74, 6) is -0.248. The minimum Gasteiger partial charge on any atom is -0.356 e. The second kappa shape index (κ2) is 13.0. The first-order chi connectivity index (χ1) is 14.5. The molecule has 166 valence electrons. The highest BCUT2D eigenvalue weighted by Gasteiger charge is 2.26. The SMILES string of the molecule is CCCCCCNC(=O)C1CCCN(CC(=O)Nc2cccc(C(=O)NCC)c2)C1. The minimum atomic E-state index is -0.159. The van der Waals surface area contributed by atoms with E-state index in [1.165, 1.54) is 12.8 Å². The van der Waals surface area contributed by atoms with Gasteiger partial charge in [0.2, 0.25) is 11.8 Å². The second-order valence-corrected chi connectivity index (χ2v) is 7.91. The number of rotatable bonds is 11. The van der Waals surface area contributed by atoms with E-state index in [9.17, 15) is 14.4 Å². The predicted molar refractivity (Wildman–Crippen MR) is 119 cm³/mol. The van der Waals surface area contributed by atoms with Gasteiger partial charge < -0.3 is 16.0 Å². The molecule has 0 spiro atoms.